The van der Waals surface area contributed by atoms with E-state index in [0.717, 1.165) is 37.7 Å². The fourth-order valence-corrected chi connectivity index (χ4v) is 8.60. The second-order valence-electron chi connectivity index (χ2n) is 12.0. The zero-order chi connectivity index (χ0) is 24.5. The van der Waals surface area contributed by atoms with Crippen LogP contribution in [0.4, 0.5) is 10.1 Å². The van der Waals surface area contributed by atoms with Crippen molar-refractivity contribution in [3.63, 3.8) is 0 Å². The monoisotopic (exact) mass is 463 g/mol. The summed E-state index contributed by atoms with van der Waals surface area (Å²) in [6.45, 7) is 6.40. The summed E-state index contributed by atoms with van der Waals surface area (Å²) in [6, 6.07) is 5.72. The summed E-state index contributed by atoms with van der Waals surface area (Å²) in [4.78, 5) is 14.1. The molecule has 0 unspecified atom stereocenters. The predicted octanol–water partition coefficient (Wildman–Crippen LogP) is 5.87. The number of benzene rings is 1. The van der Waals surface area contributed by atoms with Crippen LogP contribution < -0.4 is 4.90 Å². The van der Waals surface area contributed by atoms with Crippen molar-refractivity contribution in [3.05, 3.63) is 41.2 Å². The Labute approximate surface area is 203 Å². The van der Waals surface area contributed by atoms with Gasteiger partial charge in [-0.05, 0) is 98.3 Å². The summed E-state index contributed by atoms with van der Waals surface area (Å²) in [6.07, 6.45) is 7.86. The van der Waals surface area contributed by atoms with Crippen LogP contribution in [0.5, 0.6) is 0 Å². The third kappa shape index (κ3) is 3.23. The maximum atomic E-state index is 15.2. The lowest BCUT2D eigenvalue weighted by Gasteiger charge is -2.61. The molecule has 0 aliphatic heterocycles. The predicted molar refractivity (Wildman–Crippen MR) is 134 cm³/mol. The number of hydrogen-bond acceptors (Lipinski definition) is 3. The van der Waals surface area contributed by atoms with Gasteiger partial charge in [0.15, 0.2) is 5.78 Å². The number of carbonyl (C=O) groups is 1. The number of rotatable bonds is 2. The maximum Gasteiger partial charge on any atom is 0.155 e. The number of fused-ring (bicyclic) bond motifs is 5. The standard InChI is InChI=1S/C30H38FNO2/c1-6-13-30(34)15-12-24-22-9-8-20-17-21(33)11-14-28(20,2)27(22)23(18-29(24,30)3)19-7-10-26(32(4)5)25(31)16-19/h7,10,16-17,22-24,27,34H,8-9,11-12,14-15,18H2,1-5H3/t22-,23+,24-,27+,28-,29-,30-/m0/s1. The van der Waals surface area contributed by atoms with E-state index in [1.807, 2.05) is 38.1 Å². The SMILES string of the molecule is CC#C[C@]1(O)CC[C@H]2[C@@H]3CCC4=CC(=O)CC[C@]4(C)[C@H]3[C@@H](c3ccc(N(C)C)c(F)c3)C[C@@]21C. The van der Waals surface area contributed by atoms with E-state index in [4.69, 9.17) is 0 Å². The van der Waals surface area contributed by atoms with Gasteiger partial charge in [-0.15, -0.1) is 5.92 Å². The fraction of sp³-hybridized carbons (Fsp3) is 0.633. The molecule has 4 aliphatic carbocycles. The van der Waals surface area contributed by atoms with Gasteiger partial charge in [0, 0.05) is 25.9 Å². The third-order valence-corrected chi connectivity index (χ3v) is 10.3. The van der Waals surface area contributed by atoms with Crippen molar-refractivity contribution in [2.45, 2.75) is 77.2 Å². The first-order valence-corrected chi connectivity index (χ1v) is 12.9. The summed E-state index contributed by atoms with van der Waals surface area (Å²) in [5, 5.41) is 11.8. The van der Waals surface area contributed by atoms with Crippen LogP contribution >= 0.6 is 0 Å². The Bertz CT molecular complexity index is 1110. The Morgan fingerprint density at radius 3 is 2.59 bits per heavy atom. The van der Waals surface area contributed by atoms with E-state index in [1.54, 1.807) is 6.07 Å². The molecule has 3 saturated carbocycles. The van der Waals surface area contributed by atoms with E-state index in [9.17, 15) is 9.90 Å². The molecule has 1 aromatic rings. The van der Waals surface area contributed by atoms with Crippen LogP contribution in [-0.4, -0.2) is 30.6 Å². The van der Waals surface area contributed by atoms with Gasteiger partial charge in [0.05, 0.1) is 5.69 Å². The number of halogens is 1. The van der Waals surface area contributed by atoms with Crippen molar-refractivity contribution in [2.75, 3.05) is 19.0 Å². The van der Waals surface area contributed by atoms with E-state index in [2.05, 4.69) is 31.8 Å². The molecule has 5 rings (SSSR count). The fourth-order valence-electron chi connectivity index (χ4n) is 8.60. The van der Waals surface area contributed by atoms with Crippen LogP contribution in [0.15, 0.2) is 29.8 Å². The zero-order valence-electron chi connectivity index (χ0n) is 21.2. The number of anilines is 1. The van der Waals surface area contributed by atoms with E-state index in [1.165, 1.54) is 5.57 Å². The minimum absolute atomic E-state index is 0.0589. The summed E-state index contributed by atoms with van der Waals surface area (Å²) in [5.74, 6) is 7.53. The molecule has 3 nitrogen and oxygen atoms in total. The third-order valence-electron chi connectivity index (χ3n) is 10.3. The second-order valence-corrected chi connectivity index (χ2v) is 12.0. The van der Waals surface area contributed by atoms with Crippen LogP contribution in [0, 0.1) is 46.2 Å². The summed E-state index contributed by atoms with van der Waals surface area (Å²) in [7, 11) is 3.72. The van der Waals surface area contributed by atoms with Gasteiger partial charge in [0.1, 0.15) is 11.4 Å². The second kappa shape index (κ2) is 7.95. The average molecular weight is 464 g/mol. The number of aliphatic hydroxyl groups is 1. The summed E-state index contributed by atoms with van der Waals surface area (Å²) in [5.41, 5.74) is 1.52. The lowest BCUT2D eigenvalue weighted by Crippen LogP contribution is -2.57. The van der Waals surface area contributed by atoms with Gasteiger partial charge < -0.3 is 10.0 Å². The molecule has 1 N–H and O–H groups in total. The highest BCUT2D eigenvalue weighted by atomic mass is 19.1. The molecule has 0 radical (unpaired) electrons. The normalized spacial score (nSPS) is 40.9. The first-order chi connectivity index (χ1) is 16.0. The molecule has 182 valence electrons. The molecule has 4 aliphatic rings. The molecule has 0 amide bonds. The van der Waals surface area contributed by atoms with Gasteiger partial charge in [0.2, 0.25) is 0 Å². The largest absolute Gasteiger partial charge is 0.377 e. The number of allylic oxidation sites excluding steroid dienone is 1. The van der Waals surface area contributed by atoms with Crippen molar-refractivity contribution >= 4 is 11.5 Å². The molecule has 1 aromatic carbocycles. The number of ketones is 1. The molecule has 3 fully saturated rings. The minimum atomic E-state index is -1.00. The zero-order valence-corrected chi connectivity index (χ0v) is 21.2. The van der Waals surface area contributed by atoms with Gasteiger partial charge in [0.25, 0.3) is 0 Å². The quantitative estimate of drug-likeness (QED) is 0.558. The van der Waals surface area contributed by atoms with Crippen molar-refractivity contribution < 1.29 is 14.3 Å². The van der Waals surface area contributed by atoms with Gasteiger partial charge >= 0.3 is 0 Å². The van der Waals surface area contributed by atoms with Crippen molar-refractivity contribution in [2.24, 2.45) is 28.6 Å². The highest BCUT2D eigenvalue weighted by molar-refractivity contribution is 5.91. The minimum Gasteiger partial charge on any atom is -0.377 e. The van der Waals surface area contributed by atoms with Crippen molar-refractivity contribution in [3.8, 4) is 11.8 Å². The van der Waals surface area contributed by atoms with Gasteiger partial charge in [-0.2, -0.15) is 0 Å². The Morgan fingerprint density at radius 1 is 1.15 bits per heavy atom. The molecule has 0 saturated heterocycles. The van der Waals surface area contributed by atoms with Crippen LogP contribution in [0.25, 0.3) is 0 Å². The number of carbonyl (C=O) groups excluding carboxylic acids is 1. The highest BCUT2D eigenvalue weighted by Crippen LogP contribution is 2.70. The lowest BCUT2D eigenvalue weighted by molar-refractivity contribution is -0.122. The summed E-state index contributed by atoms with van der Waals surface area (Å²) < 4.78 is 15.2. The Balaban J connectivity index is 1.67. The van der Waals surface area contributed by atoms with Gasteiger partial charge in [-0.3, -0.25) is 4.79 Å². The van der Waals surface area contributed by atoms with Gasteiger partial charge in [-0.1, -0.05) is 31.4 Å². The van der Waals surface area contributed by atoms with E-state index < -0.39 is 5.60 Å². The Kier molecular flexibility index (Phi) is 5.52. The molecular formula is C30H38FNO2. The van der Waals surface area contributed by atoms with Crippen molar-refractivity contribution in [1.29, 1.82) is 0 Å². The molecule has 34 heavy (non-hydrogen) atoms. The molecule has 0 heterocycles. The average Bonchev–Trinajstić information content (AvgIpc) is 3.04. The molecule has 0 spiro atoms. The van der Waals surface area contributed by atoms with Crippen LogP contribution in [0.1, 0.15) is 77.2 Å². The summed E-state index contributed by atoms with van der Waals surface area (Å²) >= 11 is 0. The molecule has 4 heteroatoms. The van der Waals surface area contributed by atoms with E-state index in [-0.39, 0.29) is 28.3 Å². The van der Waals surface area contributed by atoms with Crippen LogP contribution in [0.2, 0.25) is 0 Å². The van der Waals surface area contributed by atoms with E-state index in [0.29, 0.717) is 36.3 Å². The number of nitrogens with zero attached hydrogens (tertiary/aromatic N) is 1. The van der Waals surface area contributed by atoms with Crippen molar-refractivity contribution in [1.82, 2.24) is 0 Å². The first kappa shape index (κ1) is 23.6. The molecule has 0 bridgehead atoms. The smallest absolute Gasteiger partial charge is 0.155 e. The molecule has 0 aromatic heterocycles. The lowest BCUT2D eigenvalue weighted by atomic mass is 9.43. The van der Waals surface area contributed by atoms with E-state index >= 15 is 4.39 Å². The molecular weight excluding hydrogens is 425 g/mol. The Morgan fingerprint density at radius 2 is 1.91 bits per heavy atom. The highest BCUT2D eigenvalue weighted by Gasteiger charge is 2.66. The van der Waals surface area contributed by atoms with Crippen LogP contribution in [-0.2, 0) is 4.79 Å². The Hall–Kier alpha value is -2.12. The van der Waals surface area contributed by atoms with Crippen LogP contribution in [0.3, 0.4) is 0 Å². The topological polar surface area (TPSA) is 40.5 Å². The van der Waals surface area contributed by atoms with Gasteiger partial charge in [-0.25, -0.2) is 4.39 Å². The number of hydrogen-bond donors (Lipinski definition) is 1. The molecule has 7 atom stereocenters. The maximum absolute atomic E-state index is 15.2. The first-order valence-electron chi connectivity index (χ1n) is 12.9.